The molecule has 18 heavy (non-hydrogen) atoms. The van der Waals surface area contributed by atoms with Gasteiger partial charge in [-0.3, -0.25) is 4.79 Å². The number of hydrogen-bond donors (Lipinski definition) is 3. The largest absolute Gasteiger partial charge is 0.319 e. The molecule has 1 aromatic carbocycles. The third kappa shape index (κ3) is 2.73. The first-order valence-electron chi connectivity index (χ1n) is 5.05. The summed E-state index contributed by atoms with van der Waals surface area (Å²) in [5, 5.41) is 3.10. The fourth-order valence-electron chi connectivity index (χ4n) is 1.27. The van der Waals surface area contributed by atoms with Crippen LogP contribution in [0, 0.1) is 0 Å². The highest BCUT2D eigenvalue weighted by molar-refractivity contribution is 6.33. The Hall–Kier alpha value is -2.18. The molecule has 2 aromatic rings. The number of para-hydroxylation sites is 1. The van der Waals surface area contributed by atoms with Gasteiger partial charge in [-0.05, 0) is 12.1 Å². The van der Waals surface area contributed by atoms with Crippen molar-refractivity contribution in [2.45, 2.75) is 0 Å². The molecular formula is C11H10ClN5O. The van der Waals surface area contributed by atoms with Crippen LogP contribution in [0.25, 0.3) is 0 Å². The highest BCUT2D eigenvalue weighted by atomic mass is 35.5. The highest BCUT2D eigenvalue weighted by Gasteiger charge is 2.09. The van der Waals surface area contributed by atoms with E-state index in [1.54, 1.807) is 24.3 Å². The predicted octanol–water partition coefficient (Wildman–Crippen LogP) is 1.67. The van der Waals surface area contributed by atoms with Gasteiger partial charge in [-0.2, -0.15) is 0 Å². The number of nitrogens with two attached hydrogens (primary N) is 1. The Kier molecular flexibility index (Phi) is 3.71. The van der Waals surface area contributed by atoms with Crippen molar-refractivity contribution in [1.29, 1.82) is 0 Å². The Morgan fingerprint density at radius 2 is 2.00 bits per heavy atom. The van der Waals surface area contributed by atoms with Gasteiger partial charge >= 0.3 is 0 Å². The van der Waals surface area contributed by atoms with Gasteiger partial charge < -0.3 is 10.7 Å². The molecule has 0 aliphatic heterocycles. The maximum Gasteiger partial charge on any atom is 0.275 e. The van der Waals surface area contributed by atoms with Gasteiger partial charge in [-0.25, -0.2) is 15.8 Å². The molecule has 7 heteroatoms. The Morgan fingerprint density at radius 3 is 2.61 bits per heavy atom. The smallest absolute Gasteiger partial charge is 0.275 e. The lowest BCUT2D eigenvalue weighted by Gasteiger charge is -2.06. The molecule has 0 atom stereocenters. The average Bonchev–Trinajstić information content (AvgIpc) is 2.41. The van der Waals surface area contributed by atoms with Crippen molar-refractivity contribution in [2.24, 2.45) is 5.84 Å². The van der Waals surface area contributed by atoms with E-state index in [0.29, 0.717) is 16.5 Å². The number of carbonyl (C=O) groups is 1. The lowest BCUT2D eigenvalue weighted by Crippen LogP contribution is -2.15. The number of carbonyl (C=O) groups excluding carboxylic acids is 1. The lowest BCUT2D eigenvalue weighted by atomic mass is 10.3. The van der Waals surface area contributed by atoms with Crippen LogP contribution in [0.15, 0.2) is 36.7 Å². The summed E-state index contributed by atoms with van der Waals surface area (Å²) in [6.07, 6.45) is 2.68. The third-order valence-corrected chi connectivity index (χ3v) is 2.48. The van der Waals surface area contributed by atoms with Crippen LogP contribution >= 0.6 is 11.6 Å². The van der Waals surface area contributed by atoms with Crippen molar-refractivity contribution >= 4 is 29.0 Å². The molecule has 0 aliphatic rings. The summed E-state index contributed by atoms with van der Waals surface area (Å²) in [6.45, 7) is 0. The van der Waals surface area contributed by atoms with E-state index < -0.39 is 0 Å². The molecule has 0 bridgehead atoms. The van der Waals surface area contributed by atoms with Crippen LogP contribution < -0.4 is 16.6 Å². The van der Waals surface area contributed by atoms with Crippen LogP contribution in [-0.2, 0) is 0 Å². The zero-order valence-corrected chi connectivity index (χ0v) is 9.98. The molecule has 2 rings (SSSR count). The summed E-state index contributed by atoms with van der Waals surface area (Å²) >= 11 is 5.93. The summed E-state index contributed by atoms with van der Waals surface area (Å²) in [5.74, 6) is 5.14. The molecule has 6 nitrogen and oxygen atoms in total. The molecule has 0 radical (unpaired) electrons. The number of benzene rings is 1. The molecule has 1 aromatic heterocycles. The fraction of sp³-hybridized carbons (Fsp3) is 0. The molecule has 0 aliphatic carbocycles. The van der Waals surface area contributed by atoms with Gasteiger partial charge in [0.25, 0.3) is 5.91 Å². The van der Waals surface area contributed by atoms with Gasteiger partial charge in [-0.1, -0.05) is 23.7 Å². The number of hydrazine groups is 1. The maximum atomic E-state index is 11.8. The van der Waals surface area contributed by atoms with Crippen molar-refractivity contribution in [3.05, 3.63) is 47.4 Å². The van der Waals surface area contributed by atoms with E-state index in [1.165, 1.54) is 12.4 Å². The van der Waals surface area contributed by atoms with E-state index in [0.717, 1.165) is 0 Å². The van der Waals surface area contributed by atoms with Crippen molar-refractivity contribution in [1.82, 2.24) is 9.97 Å². The topological polar surface area (TPSA) is 92.9 Å². The van der Waals surface area contributed by atoms with Crippen molar-refractivity contribution in [3.63, 3.8) is 0 Å². The molecule has 0 saturated heterocycles. The Bertz CT molecular complexity index is 558. The number of halogens is 1. The number of nitrogen functional groups attached to an aromatic ring is 1. The van der Waals surface area contributed by atoms with Gasteiger partial charge in [0.05, 0.1) is 23.1 Å². The molecule has 4 N–H and O–H groups in total. The van der Waals surface area contributed by atoms with E-state index in [1.807, 2.05) is 0 Å². The summed E-state index contributed by atoms with van der Waals surface area (Å²) in [5.41, 5.74) is 3.02. The second-order valence-electron chi connectivity index (χ2n) is 3.37. The highest BCUT2D eigenvalue weighted by Crippen LogP contribution is 2.20. The van der Waals surface area contributed by atoms with Crippen molar-refractivity contribution in [2.75, 3.05) is 10.7 Å². The quantitative estimate of drug-likeness (QED) is 0.579. The number of amides is 1. The monoisotopic (exact) mass is 263 g/mol. The summed E-state index contributed by atoms with van der Waals surface area (Å²) in [6, 6.07) is 6.93. The molecule has 0 unspecified atom stereocenters. The minimum absolute atomic E-state index is 0.175. The Morgan fingerprint density at radius 1 is 1.22 bits per heavy atom. The molecule has 1 heterocycles. The number of rotatable bonds is 3. The fourth-order valence-corrected chi connectivity index (χ4v) is 1.45. The normalized spacial score (nSPS) is 9.89. The third-order valence-electron chi connectivity index (χ3n) is 2.15. The van der Waals surface area contributed by atoms with E-state index >= 15 is 0 Å². The first-order valence-corrected chi connectivity index (χ1v) is 5.43. The Balaban J connectivity index is 2.14. The van der Waals surface area contributed by atoms with Crippen LogP contribution in [0.3, 0.4) is 0 Å². The van der Waals surface area contributed by atoms with E-state index in [-0.39, 0.29) is 11.6 Å². The number of anilines is 2. The van der Waals surface area contributed by atoms with E-state index in [4.69, 9.17) is 17.4 Å². The number of nitrogens with zero attached hydrogens (tertiary/aromatic N) is 2. The van der Waals surface area contributed by atoms with Crippen LogP contribution in [-0.4, -0.2) is 15.9 Å². The molecule has 0 fully saturated rings. The first kappa shape index (κ1) is 12.3. The van der Waals surface area contributed by atoms with Gasteiger partial charge in [0.1, 0.15) is 5.69 Å². The Labute approximate surface area is 108 Å². The lowest BCUT2D eigenvalue weighted by molar-refractivity contribution is 0.102. The molecule has 92 valence electrons. The van der Waals surface area contributed by atoms with Crippen LogP contribution in [0.5, 0.6) is 0 Å². The van der Waals surface area contributed by atoms with Crippen LogP contribution in [0.2, 0.25) is 5.02 Å². The van der Waals surface area contributed by atoms with Crippen LogP contribution in [0.1, 0.15) is 10.5 Å². The van der Waals surface area contributed by atoms with Gasteiger partial charge in [-0.15, -0.1) is 0 Å². The molecule has 1 amide bonds. The maximum absolute atomic E-state index is 11.8. The second kappa shape index (κ2) is 5.44. The number of hydrogen-bond acceptors (Lipinski definition) is 5. The second-order valence-corrected chi connectivity index (χ2v) is 3.77. The van der Waals surface area contributed by atoms with Gasteiger partial charge in [0.15, 0.2) is 5.82 Å². The van der Waals surface area contributed by atoms with Gasteiger partial charge in [0.2, 0.25) is 0 Å². The molecular weight excluding hydrogens is 254 g/mol. The molecule has 0 saturated carbocycles. The van der Waals surface area contributed by atoms with Gasteiger partial charge in [0, 0.05) is 0 Å². The number of nitrogens with one attached hydrogen (secondary N) is 2. The summed E-state index contributed by atoms with van der Waals surface area (Å²) < 4.78 is 0. The van der Waals surface area contributed by atoms with Crippen molar-refractivity contribution in [3.8, 4) is 0 Å². The zero-order chi connectivity index (χ0) is 13.0. The summed E-state index contributed by atoms with van der Waals surface area (Å²) in [4.78, 5) is 19.6. The van der Waals surface area contributed by atoms with E-state index in [2.05, 4.69) is 20.7 Å². The molecule has 0 spiro atoms. The minimum atomic E-state index is -0.390. The zero-order valence-electron chi connectivity index (χ0n) is 9.22. The SMILES string of the molecule is NNc1cnc(C(=O)Nc2ccccc2Cl)cn1. The predicted molar refractivity (Wildman–Crippen MR) is 69.2 cm³/mol. The van der Waals surface area contributed by atoms with E-state index in [9.17, 15) is 4.79 Å². The van der Waals surface area contributed by atoms with Crippen molar-refractivity contribution < 1.29 is 4.79 Å². The first-order chi connectivity index (χ1) is 8.70. The number of aromatic nitrogens is 2. The van der Waals surface area contributed by atoms with Crippen LogP contribution in [0.4, 0.5) is 11.5 Å². The summed E-state index contributed by atoms with van der Waals surface area (Å²) in [7, 11) is 0. The average molecular weight is 264 g/mol. The standard InChI is InChI=1S/C11H10ClN5O/c12-7-3-1-2-4-8(7)16-11(18)9-5-15-10(17-13)6-14-9/h1-6H,13H2,(H,15,17)(H,16,18). The minimum Gasteiger partial charge on any atom is -0.319 e.